The van der Waals surface area contributed by atoms with Crippen molar-refractivity contribution in [3.8, 4) is 0 Å². The number of hydrogen-bond acceptors (Lipinski definition) is 2. The zero-order valence-corrected chi connectivity index (χ0v) is 9.55. The molecular formula is C12H19FN2. The molecule has 0 aliphatic carbocycles. The second kappa shape index (κ2) is 4.73. The Labute approximate surface area is 90.7 Å². The highest BCUT2D eigenvalue weighted by atomic mass is 19.1. The summed E-state index contributed by atoms with van der Waals surface area (Å²) in [6, 6.07) is 6.53. The van der Waals surface area contributed by atoms with Crippen molar-refractivity contribution < 1.29 is 4.39 Å². The quantitative estimate of drug-likeness (QED) is 0.802. The normalized spacial score (nSPS) is 13.9. The van der Waals surface area contributed by atoms with Crippen LogP contribution in [0, 0.1) is 5.82 Å². The van der Waals surface area contributed by atoms with Gasteiger partial charge in [0, 0.05) is 18.1 Å². The molecule has 1 atom stereocenters. The molecule has 0 aliphatic heterocycles. The molecule has 1 unspecified atom stereocenters. The van der Waals surface area contributed by atoms with E-state index in [4.69, 9.17) is 5.73 Å². The van der Waals surface area contributed by atoms with Gasteiger partial charge in [0.15, 0.2) is 0 Å². The topological polar surface area (TPSA) is 38.0 Å². The van der Waals surface area contributed by atoms with Crippen LogP contribution in [-0.4, -0.2) is 12.1 Å². The van der Waals surface area contributed by atoms with Crippen LogP contribution in [0.4, 0.5) is 4.39 Å². The van der Waals surface area contributed by atoms with Crippen LogP contribution in [0.2, 0.25) is 0 Å². The summed E-state index contributed by atoms with van der Waals surface area (Å²) in [7, 11) is 0. The summed E-state index contributed by atoms with van der Waals surface area (Å²) in [5, 5.41) is 3.39. The molecule has 0 bridgehead atoms. The van der Waals surface area contributed by atoms with Crippen LogP contribution in [0.5, 0.6) is 0 Å². The molecule has 0 aliphatic rings. The summed E-state index contributed by atoms with van der Waals surface area (Å²) in [4.78, 5) is 0. The van der Waals surface area contributed by atoms with Gasteiger partial charge in [0.1, 0.15) is 5.82 Å². The molecule has 0 radical (unpaired) electrons. The maximum atomic E-state index is 12.7. The van der Waals surface area contributed by atoms with E-state index in [0.717, 1.165) is 5.56 Å². The molecule has 2 nitrogen and oxygen atoms in total. The molecule has 3 N–H and O–H groups in total. The highest BCUT2D eigenvalue weighted by Gasteiger charge is 2.17. The molecule has 1 rings (SSSR count). The van der Waals surface area contributed by atoms with Gasteiger partial charge in [0.05, 0.1) is 0 Å². The molecule has 0 saturated heterocycles. The van der Waals surface area contributed by atoms with E-state index in [1.54, 1.807) is 12.1 Å². The average Bonchev–Trinajstić information content (AvgIpc) is 2.14. The Morgan fingerprint density at radius 2 is 1.80 bits per heavy atom. The molecule has 15 heavy (non-hydrogen) atoms. The van der Waals surface area contributed by atoms with E-state index in [9.17, 15) is 4.39 Å². The molecule has 1 aromatic carbocycles. The second-order valence-electron chi connectivity index (χ2n) is 4.73. The molecular weight excluding hydrogens is 191 g/mol. The molecule has 84 valence electrons. The molecule has 0 fully saturated rings. The third kappa shape index (κ3) is 3.98. The highest BCUT2D eigenvalue weighted by Crippen LogP contribution is 2.16. The SMILES string of the molecule is CC(C)(C)NC(CN)c1ccc(F)cc1. The van der Waals surface area contributed by atoms with Gasteiger partial charge < -0.3 is 11.1 Å². The largest absolute Gasteiger partial charge is 0.329 e. The van der Waals surface area contributed by atoms with Crippen LogP contribution >= 0.6 is 0 Å². The Hall–Kier alpha value is -0.930. The van der Waals surface area contributed by atoms with Crippen molar-refractivity contribution in [3.05, 3.63) is 35.6 Å². The van der Waals surface area contributed by atoms with E-state index < -0.39 is 0 Å². The second-order valence-corrected chi connectivity index (χ2v) is 4.73. The van der Waals surface area contributed by atoms with E-state index in [-0.39, 0.29) is 17.4 Å². The van der Waals surface area contributed by atoms with Crippen LogP contribution in [0.15, 0.2) is 24.3 Å². The van der Waals surface area contributed by atoms with Gasteiger partial charge in [-0.15, -0.1) is 0 Å². The Kier molecular flexibility index (Phi) is 3.83. The van der Waals surface area contributed by atoms with E-state index in [1.807, 2.05) is 0 Å². The van der Waals surface area contributed by atoms with Gasteiger partial charge in [-0.2, -0.15) is 0 Å². The van der Waals surface area contributed by atoms with Crippen LogP contribution in [0.1, 0.15) is 32.4 Å². The molecule has 0 heterocycles. The molecule has 0 spiro atoms. The van der Waals surface area contributed by atoms with E-state index in [0.29, 0.717) is 6.54 Å². The predicted octanol–water partition coefficient (Wildman–Crippen LogP) is 2.21. The first-order valence-electron chi connectivity index (χ1n) is 5.15. The Morgan fingerprint density at radius 3 is 2.20 bits per heavy atom. The van der Waals surface area contributed by atoms with Gasteiger partial charge in [-0.05, 0) is 38.5 Å². The smallest absolute Gasteiger partial charge is 0.123 e. The van der Waals surface area contributed by atoms with E-state index >= 15 is 0 Å². The number of hydrogen-bond donors (Lipinski definition) is 2. The van der Waals surface area contributed by atoms with Crippen molar-refractivity contribution in [2.75, 3.05) is 6.54 Å². The van der Waals surface area contributed by atoms with Gasteiger partial charge in [0.2, 0.25) is 0 Å². The maximum absolute atomic E-state index is 12.7. The first kappa shape index (κ1) is 12.1. The summed E-state index contributed by atoms with van der Waals surface area (Å²) in [6.45, 7) is 6.75. The van der Waals surface area contributed by atoms with Crippen LogP contribution in [0.3, 0.4) is 0 Å². The van der Waals surface area contributed by atoms with Gasteiger partial charge in [-0.3, -0.25) is 0 Å². The lowest BCUT2D eigenvalue weighted by atomic mass is 10.0. The highest BCUT2D eigenvalue weighted by molar-refractivity contribution is 5.20. The lowest BCUT2D eigenvalue weighted by Crippen LogP contribution is -2.41. The summed E-state index contributed by atoms with van der Waals surface area (Å²) < 4.78 is 12.7. The molecule has 0 aromatic heterocycles. The third-order valence-electron chi connectivity index (χ3n) is 2.12. The number of nitrogens with one attached hydrogen (secondary N) is 1. The van der Waals surface area contributed by atoms with E-state index in [2.05, 4.69) is 26.1 Å². The van der Waals surface area contributed by atoms with Gasteiger partial charge in [0.25, 0.3) is 0 Å². The molecule has 3 heteroatoms. The van der Waals surface area contributed by atoms with Crippen molar-refractivity contribution in [2.24, 2.45) is 5.73 Å². The van der Waals surface area contributed by atoms with Crippen molar-refractivity contribution >= 4 is 0 Å². The van der Waals surface area contributed by atoms with Crippen molar-refractivity contribution in [1.82, 2.24) is 5.32 Å². The fourth-order valence-electron chi connectivity index (χ4n) is 1.50. The lowest BCUT2D eigenvalue weighted by molar-refractivity contribution is 0.367. The van der Waals surface area contributed by atoms with Crippen molar-refractivity contribution in [2.45, 2.75) is 32.4 Å². The molecule has 1 aromatic rings. The Morgan fingerprint density at radius 1 is 1.27 bits per heavy atom. The maximum Gasteiger partial charge on any atom is 0.123 e. The monoisotopic (exact) mass is 210 g/mol. The van der Waals surface area contributed by atoms with Gasteiger partial charge in [-0.1, -0.05) is 12.1 Å². The average molecular weight is 210 g/mol. The summed E-state index contributed by atoms with van der Waals surface area (Å²) in [5.41, 5.74) is 6.71. The van der Waals surface area contributed by atoms with Gasteiger partial charge in [-0.25, -0.2) is 4.39 Å². The van der Waals surface area contributed by atoms with Crippen LogP contribution in [-0.2, 0) is 0 Å². The van der Waals surface area contributed by atoms with Crippen LogP contribution in [0.25, 0.3) is 0 Å². The summed E-state index contributed by atoms with van der Waals surface area (Å²) >= 11 is 0. The third-order valence-corrected chi connectivity index (χ3v) is 2.12. The minimum absolute atomic E-state index is 0.00156. The first-order valence-corrected chi connectivity index (χ1v) is 5.15. The number of halogens is 1. The number of rotatable bonds is 3. The van der Waals surface area contributed by atoms with Crippen molar-refractivity contribution in [1.29, 1.82) is 0 Å². The minimum atomic E-state index is -0.217. The summed E-state index contributed by atoms with van der Waals surface area (Å²) in [6.07, 6.45) is 0. The minimum Gasteiger partial charge on any atom is -0.329 e. The zero-order valence-electron chi connectivity index (χ0n) is 9.55. The van der Waals surface area contributed by atoms with Gasteiger partial charge >= 0.3 is 0 Å². The van der Waals surface area contributed by atoms with E-state index in [1.165, 1.54) is 12.1 Å². The number of benzene rings is 1. The number of nitrogens with two attached hydrogens (primary N) is 1. The van der Waals surface area contributed by atoms with Crippen LogP contribution < -0.4 is 11.1 Å². The molecule has 0 amide bonds. The summed E-state index contributed by atoms with van der Waals surface area (Å²) in [5.74, 6) is -0.217. The standard InChI is InChI=1S/C12H19FN2/c1-12(2,3)15-11(8-14)9-4-6-10(13)7-5-9/h4-7,11,15H,8,14H2,1-3H3. The zero-order chi connectivity index (χ0) is 11.5. The van der Waals surface area contributed by atoms with Crippen molar-refractivity contribution in [3.63, 3.8) is 0 Å². The fraction of sp³-hybridized carbons (Fsp3) is 0.500. The Bertz CT molecular complexity index is 300. The first-order chi connectivity index (χ1) is 6.92. The fourth-order valence-corrected chi connectivity index (χ4v) is 1.50. The molecule has 0 saturated carbocycles. The lowest BCUT2D eigenvalue weighted by Gasteiger charge is -2.28. The predicted molar refractivity (Wildman–Crippen MR) is 61.1 cm³/mol. The Balaban J connectivity index is 2.79.